The maximum absolute atomic E-state index is 5.52. The number of aryl methyl sites for hydroxylation is 1. The molecule has 13 heavy (non-hydrogen) atoms. The fourth-order valence-corrected chi connectivity index (χ4v) is 1.41. The van der Waals surface area contributed by atoms with Crippen LogP contribution >= 0.6 is 0 Å². The Labute approximate surface area is 80.8 Å². The zero-order chi connectivity index (χ0) is 9.84. The van der Waals surface area contributed by atoms with Crippen molar-refractivity contribution in [2.45, 2.75) is 20.0 Å². The Kier molecular flexibility index (Phi) is 3.18. The molecular weight excluding hydrogens is 159 g/mol. The fraction of sp³-hybridized carbons (Fsp3) is 0.273. The summed E-state index contributed by atoms with van der Waals surface area (Å²) in [4.78, 5) is 0. The predicted octanol–water partition coefficient (Wildman–Crippen LogP) is 2.18. The van der Waals surface area contributed by atoms with Gasteiger partial charge < -0.3 is 4.74 Å². The molecule has 0 bridgehead atoms. The zero-order valence-corrected chi connectivity index (χ0v) is 8.50. The van der Waals surface area contributed by atoms with E-state index in [9.17, 15) is 0 Å². The summed E-state index contributed by atoms with van der Waals surface area (Å²) in [6.07, 6.45) is 0.0960. The number of rotatable bonds is 3. The molecule has 0 unspecified atom stereocenters. The van der Waals surface area contributed by atoms with Gasteiger partial charge in [0.2, 0.25) is 0 Å². The highest BCUT2D eigenvalue weighted by atomic mass is 16.5. The van der Waals surface area contributed by atoms with E-state index in [2.05, 4.69) is 25.6 Å². The zero-order valence-electron chi connectivity index (χ0n) is 8.50. The second-order valence-electron chi connectivity index (χ2n) is 3.32. The largest absolute Gasteiger partial charge is 0.502 e. The first-order valence-corrected chi connectivity index (χ1v) is 4.49. The average molecular weight is 174 g/mol. The highest BCUT2D eigenvalue weighted by Crippen LogP contribution is 2.21. The number of ether oxygens (including phenoxy) is 1. The summed E-state index contributed by atoms with van der Waals surface area (Å²) >= 11 is 0. The molecule has 0 saturated heterocycles. The Morgan fingerprint density at radius 1 is 1.46 bits per heavy atom. The molecule has 1 aromatic carbocycles. The molecule has 1 nitrogen and oxygen atoms in total. The molecule has 0 aliphatic rings. The van der Waals surface area contributed by atoms with Crippen LogP contribution in [0.3, 0.4) is 0 Å². The molecule has 0 radical (unpaired) electrons. The monoisotopic (exact) mass is 174 g/mol. The molecule has 0 aliphatic carbocycles. The molecule has 0 amide bonds. The van der Waals surface area contributed by atoms with Crippen molar-refractivity contribution in [2.75, 3.05) is 0 Å². The van der Waals surface area contributed by atoms with Crippen LogP contribution in [-0.4, -0.2) is 7.85 Å². The Morgan fingerprint density at radius 3 is 2.62 bits per heavy atom. The maximum atomic E-state index is 5.52. The van der Waals surface area contributed by atoms with Crippen LogP contribution in [0.15, 0.2) is 36.5 Å². The molecule has 0 aromatic heterocycles. The third kappa shape index (κ3) is 2.65. The van der Waals surface area contributed by atoms with Crippen molar-refractivity contribution in [1.82, 2.24) is 0 Å². The smallest absolute Gasteiger partial charge is 0.184 e. The molecule has 2 heteroatoms. The van der Waals surface area contributed by atoms with Crippen molar-refractivity contribution >= 4 is 7.85 Å². The average Bonchev–Trinajstić information content (AvgIpc) is 2.03. The number of hydrogen-bond acceptors (Lipinski definition) is 1. The summed E-state index contributed by atoms with van der Waals surface area (Å²) in [7, 11) is 1.87. The van der Waals surface area contributed by atoms with Crippen molar-refractivity contribution in [3.63, 3.8) is 0 Å². The van der Waals surface area contributed by atoms with Crippen molar-refractivity contribution in [3.8, 4) is 0 Å². The first-order valence-electron chi connectivity index (χ1n) is 4.49. The van der Waals surface area contributed by atoms with Gasteiger partial charge in [-0.1, -0.05) is 30.8 Å². The van der Waals surface area contributed by atoms with E-state index < -0.39 is 0 Å². The van der Waals surface area contributed by atoms with E-state index in [1.54, 1.807) is 0 Å². The summed E-state index contributed by atoms with van der Waals surface area (Å²) in [6.45, 7) is 7.86. The van der Waals surface area contributed by atoms with Gasteiger partial charge in [-0.15, -0.1) is 0 Å². The van der Waals surface area contributed by atoms with Gasteiger partial charge in [0.15, 0.2) is 7.85 Å². The Morgan fingerprint density at radius 2 is 2.08 bits per heavy atom. The SMILES string of the molecule is BC(=C)O[C@@H](C)c1ccccc1C. The molecule has 1 rings (SSSR count). The second kappa shape index (κ2) is 4.17. The minimum atomic E-state index is 0.0960. The molecule has 0 saturated carbocycles. The molecule has 0 aliphatic heterocycles. The Hall–Kier alpha value is -1.18. The van der Waals surface area contributed by atoms with Crippen LogP contribution in [0.5, 0.6) is 0 Å². The van der Waals surface area contributed by atoms with E-state index in [-0.39, 0.29) is 6.10 Å². The normalized spacial score (nSPS) is 12.2. The fourth-order valence-electron chi connectivity index (χ4n) is 1.41. The molecule has 0 heterocycles. The quantitative estimate of drug-likeness (QED) is 0.504. The third-order valence-corrected chi connectivity index (χ3v) is 2.00. The van der Waals surface area contributed by atoms with Gasteiger partial charge in [0.1, 0.15) is 6.10 Å². The van der Waals surface area contributed by atoms with Crippen LogP contribution < -0.4 is 0 Å². The van der Waals surface area contributed by atoms with Gasteiger partial charge in [-0.2, -0.15) is 0 Å². The minimum Gasteiger partial charge on any atom is -0.502 e. The number of benzene rings is 1. The van der Waals surface area contributed by atoms with Gasteiger partial charge in [-0.25, -0.2) is 0 Å². The van der Waals surface area contributed by atoms with Gasteiger partial charge in [-0.05, 0) is 25.0 Å². The maximum Gasteiger partial charge on any atom is 0.184 e. The lowest BCUT2D eigenvalue weighted by molar-refractivity contribution is 0.153. The van der Waals surface area contributed by atoms with Crippen LogP contribution in [0, 0.1) is 6.92 Å². The van der Waals surface area contributed by atoms with Crippen LogP contribution in [0.1, 0.15) is 24.2 Å². The van der Waals surface area contributed by atoms with E-state index in [1.807, 2.05) is 26.9 Å². The van der Waals surface area contributed by atoms with Crippen LogP contribution in [0.25, 0.3) is 0 Å². The second-order valence-corrected chi connectivity index (χ2v) is 3.32. The molecule has 68 valence electrons. The Balaban J connectivity index is 2.82. The van der Waals surface area contributed by atoms with E-state index in [4.69, 9.17) is 4.74 Å². The summed E-state index contributed by atoms with van der Waals surface area (Å²) in [5, 5.41) is 0. The number of hydrogen-bond donors (Lipinski definition) is 0. The minimum absolute atomic E-state index is 0.0960. The van der Waals surface area contributed by atoms with Gasteiger partial charge >= 0.3 is 0 Å². The van der Waals surface area contributed by atoms with Crippen LogP contribution in [0.4, 0.5) is 0 Å². The van der Waals surface area contributed by atoms with Crippen molar-refractivity contribution < 1.29 is 4.74 Å². The van der Waals surface area contributed by atoms with Gasteiger partial charge in [-0.3, -0.25) is 0 Å². The first-order chi connectivity index (χ1) is 6.11. The third-order valence-electron chi connectivity index (χ3n) is 2.00. The summed E-state index contributed by atoms with van der Waals surface area (Å²) in [6, 6.07) is 8.24. The Bertz CT molecular complexity index is 307. The molecule has 0 spiro atoms. The van der Waals surface area contributed by atoms with E-state index >= 15 is 0 Å². The lowest BCUT2D eigenvalue weighted by Gasteiger charge is -2.16. The van der Waals surface area contributed by atoms with Gasteiger partial charge in [0.25, 0.3) is 0 Å². The van der Waals surface area contributed by atoms with Crippen molar-refractivity contribution in [1.29, 1.82) is 0 Å². The van der Waals surface area contributed by atoms with Gasteiger partial charge in [0, 0.05) is 5.66 Å². The highest BCUT2D eigenvalue weighted by Gasteiger charge is 2.07. The molecule has 1 atom stereocenters. The predicted molar refractivity (Wildman–Crippen MR) is 58.4 cm³/mol. The van der Waals surface area contributed by atoms with Crippen molar-refractivity contribution in [3.05, 3.63) is 47.6 Å². The molecule has 0 fully saturated rings. The van der Waals surface area contributed by atoms with E-state index in [1.165, 1.54) is 11.1 Å². The topological polar surface area (TPSA) is 9.23 Å². The molecular formula is C11H15BO. The lowest BCUT2D eigenvalue weighted by Crippen LogP contribution is -2.01. The summed E-state index contributed by atoms with van der Waals surface area (Å²) in [5.41, 5.74) is 3.25. The highest BCUT2D eigenvalue weighted by molar-refractivity contribution is 6.19. The lowest BCUT2D eigenvalue weighted by atomic mass is 10.0. The molecule has 1 aromatic rings. The first kappa shape index (κ1) is 9.91. The summed E-state index contributed by atoms with van der Waals surface area (Å²) in [5.74, 6) is 0. The van der Waals surface area contributed by atoms with E-state index in [0.717, 1.165) is 5.66 Å². The van der Waals surface area contributed by atoms with Crippen LogP contribution in [-0.2, 0) is 4.74 Å². The summed E-state index contributed by atoms with van der Waals surface area (Å²) < 4.78 is 5.52. The van der Waals surface area contributed by atoms with E-state index in [0.29, 0.717) is 0 Å². The standard InChI is InChI=1S/C11H15BO/c1-8-6-4-5-7-11(8)9(2)13-10(3)12/h4-7,9H,3,12H2,1-2H3/t9-/m0/s1. The molecule has 0 N–H and O–H groups in total. The van der Waals surface area contributed by atoms with Crippen molar-refractivity contribution in [2.24, 2.45) is 0 Å². The van der Waals surface area contributed by atoms with Crippen LogP contribution in [0.2, 0.25) is 0 Å². The van der Waals surface area contributed by atoms with Gasteiger partial charge in [0.05, 0.1) is 0 Å².